The maximum absolute atomic E-state index is 13.5. The number of amides is 2. The first-order chi connectivity index (χ1) is 20.6. The summed E-state index contributed by atoms with van der Waals surface area (Å²) in [7, 11) is 0. The van der Waals surface area contributed by atoms with Gasteiger partial charge in [-0.1, -0.05) is 6.07 Å². The van der Waals surface area contributed by atoms with Gasteiger partial charge in [0, 0.05) is 61.6 Å². The number of nitrogens with zero attached hydrogens (tertiary/aromatic N) is 6. The maximum Gasteiger partial charge on any atom is 0.356 e. The number of aromatic nitrogens is 3. The van der Waals surface area contributed by atoms with Crippen molar-refractivity contribution in [2.75, 3.05) is 19.6 Å². The number of pyridine rings is 1. The third kappa shape index (κ3) is 4.39. The van der Waals surface area contributed by atoms with Crippen molar-refractivity contribution in [3.05, 3.63) is 71.3 Å². The summed E-state index contributed by atoms with van der Waals surface area (Å²) in [6.45, 7) is 1.08. The Balaban J connectivity index is 1.29. The van der Waals surface area contributed by atoms with Gasteiger partial charge in [0.25, 0.3) is 0 Å². The van der Waals surface area contributed by atoms with E-state index in [2.05, 4.69) is 11.1 Å². The smallest absolute Gasteiger partial charge is 0.345 e. The molecule has 10 nitrogen and oxygen atoms in total. The lowest BCUT2D eigenvalue weighted by atomic mass is 9.96. The van der Waals surface area contributed by atoms with Gasteiger partial charge in [0.15, 0.2) is 11.6 Å². The summed E-state index contributed by atoms with van der Waals surface area (Å²) in [5, 5.41) is 19.6. The molecule has 3 aromatic heterocycles. The number of alkyl halides is 2. The van der Waals surface area contributed by atoms with E-state index in [0.29, 0.717) is 46.5 Å². The quantitative estimate of drug-likeness (QED) is 0.365. The number of piperidine rings is 1. The second-order valence-electron chi connectivity index (χ2n) is 11.3. The van der Waals surface area contributed by atoms with Gasteiger partial charge in [-0.25, -0.2) is 9.78 Å². The van der Waals surface area contributed by atoms with Crippen molar-refractivity contribution in [2.45, 2.75) is 38.5 Å². The van der Waals surface area contributed by atoms with E-state index in [4.69, 9.17) is 5.11 Å². The first-order valence-corrected chi connectivity index (χ1v) is 14.1. The van der Waals surface area contributed by atoms with Crippen LogP contribution in [0.25, 0.3) is 27.7 Å². The van der Waals surface area contributed by atoms with Gasteiger partial charge in [-0.05, 0) is 42.7 Å². The molecule has 1 aromatic carbocycles. The minimum atomic E-state index is -3.77. The summed E-state index contributed by atoms with van der Waals surface area (Å²) in [5.41, 5.74) is 4.10. The molecule has 0 atom stereocenters. The number of likely N-dealkylation sites (tertiary alicyclic amines) is 1. The van der Waals surface area contributed by atoms with E-state index in [1.807, 2.05) is 29.0 Å². The summed E-state index contributed by atoms with van der Waals surface area (Å²) >= 11 is 0. The Kier molecular flexibility index (Phi) is 6.18. The first kappa shape index (κ1) is 27.0. The zero-order valence-electron chi connectivity index (χ0n) is 23.0. The van der Waals surface area contributed by atoms with Crippen LogP contribution in [-0.4, -0.2) is 72.2 Å². The zero-order chi connectivity index (χ0) is 30.0. The van der Waals surface area contributed by atoms with Crippen LogP contribution in [0, 0.1) is 17.2 Å². The third-order valence-electron chi connectivity index (χ3n) is 8.75. The fraction of sp³-hybridized carbons (Fsp3) is 0.323. The lowest BCUT2D eigenvalue weighted by Crippen LogP contribution is -2.48. The third-order valence-corrected chi connectivity index (χ3v) is 8.75. The molecule has 0 spiro atoms. The molecular formula is C31H26F2N6O4. The number of ketones is 2. The van der Waals surface area contributed by atoms with Crippen LogP contribution >= 0.6 is 0 Å². The fourth-order valence-electron chi connectivity index (χ4n) is 6.66. The van der Waals surface area contributed by atoms with E-state index in [1.54, 1.807) is 33.8 Å². The van der Waals surface area contributed by atoms with Gasteiger partial charge in [0.1, 0.15) is 5.65 Å². The van der Waals surface area contributed by atoms with Crippen LogP contribution in [0.5, 0.6) is 0 Å². The zero-order valence-corrected chi connectivity index (χ0v) is 23.0. The summed E-state index contributed by atoms with van der Waals surface area (Å²) < 4.78 is 30.5. The van der Waals surface area contributed by atoms with Gasteiger partial charge >= 0.3 is 12.1 Å². The molecule has 4 aromatic rings. The Morgan fingerprint density at radius 3 is 2.56 bits per heavy atom. The largest absolute Gasteiger partial charge is 0.356 e. The number of halogens is 2. The van der Waals surface area contributed by atoms with Gasteiger partial charge in [0.2, 0.25) is 0 Å². The molecule has 2 amide bonds. The number of carbonyl (C=O) groups excluding carboxylic acids is 3. The van der Waals surface area contributed by atoms with Crippen LogP contribution < -0.4 is 0 Å². The number of Topliss-reactive ketones (excluding diaryl/α,β-unsaturated/α-hetero) is 2. The van der Waals surface area contributed by atoms with Crippen LogP contribution in [0.15, 0.2) is 48.9 Å². The van der Waals surface area contributed by atoms with E-state index in [-0.39, 0.29) is 67.6 Å². The molecule has 5 heterocycles. The minimum absolute atomic E-state index is 0.00269. The second kappa shape index (κ2) is 9.84. The standard InChI is InChI=1S/C31H26F2N6O4/c32-31(33,43)20-4-7-36(8-5-20)30(42)38-10-9-37-17-22(21-12-18(14-34)11-19(16-38)29(21)37)27-24(40)13-25(41)28(27)23-15-35-26-3-1-2-6-39(23)26/h1-3,6,11-12,15,17,20,43H,4-5,7-10,13,16H2. The number of nitriles is 1. The number of rotatable bonds is 3. The second-order valence-corrected chi connectivity index (χ2v) is 11.3. The van der Waals surface area contributed by atoms with E-state index >= 15 is 0 Å². The summed E-state index contributed by atoms with van der Waals surface area (Å²) in [6, 6.07) is 10.8. The molecule has 1 fully saturated rings. The Bertz CT molecular complexity index is 1920. The van der Waals surface area contributed by atoms with Crippen LogP contribution in [0.3, 0.4) is 0 Å². The Hall–Kier alpha value is -4.89. The predicted molar refractivity (Wildman–Crippen MR) is 151 cm³/mol. The highest BCUT2D eigenvalue weighted by molar-refractivity contribution is 6.51. The molecule has 1 aliphatic carbocycles. The molecule has 12 heteroatoms. The first-order valence-electron chi connectivity index (χ1n) is 14.1. The van der Waals surface area contributed by atoms with Crippen molar-refractivity contribution in [1.82, 2.24) is 23.8 Å². The lowest BCUT2D eigenvalue weighted by molar-refractivity contribution is -0.244. The number of aliphatic hydroxyl groups is 1. The van der Waals surface area contributed by atoms with E-state index in [0.717, 1.165) is 5.52 Å². The number of hydrogen-bond donors (Lipinski definition) is 1. The van der Waals surface area contributed by atoms with Gasteiger partial charge < -0.3 is 19.5 Å². The van der Waals surface area contributed by atoms with Crippen LogP contribution in [0.2, 0.25) is 0 Å². The number of hydrogen-bond acceptors (Lipinski definition) is 6. The van der Waals surface area contributed by atoms with Crippen molar-refractivity contribution in [1.29, 1.82) is 5.26 Å². The molecule has 43 heavy (non-hydrogen) atoms. The van der Waals surface area contributed by atoms with Crippen molar-refractivity contribution in [2.24, 2.45) is 5.92 Å². The average molecular weight is 585 g/mol. The molecule has 7 rings (SSSR count). The van der Waals surface area contributed by atoms with Crippen molar-refractivity contribution in [3.8, 4) is 6.07 Å². The molecule has 2 aliphatic heterocycles. The van der Waals surface area contributed by atoms with E-state index in [9.17, 15) is 28.4 Å². The molecule has 0 radical (unpaired) electrons. The number of urea groups is 1. The Morgan fingerprint density at radius 1 is 1.05 bits per heavy atom. The fourth-order valence-corrected chi connectivity index (χ4v) is 6.66. The maximum atomic E-state index is 13.5. The number of imidazole rings is 1. The van der Waals surface area contributed by atoms with E-state index < -0.39 is 12.0 Å². The van der Waals surface area contributed by atoms with Gasteiger partial charge in [0.05, 0.1) is 47.0 Å². The number of carbonyl (C=O) groups is 3. The van der Waals surface area contributed by atoms with E-state index in [1.165, 1.54) is 4.90 Å². The van der Waals surface area contributed by atoms with Gasteiger partial charge in [-0.3, -0.25) is 14.0 Å². The lowest BCUT2D eigenvalue weighted by Gasteiger charge is -2.36. The minimum Gasteiger partial charge on any atom is -0.345 e. The Morgan fingerprint density at radius 2 is 1.81 bits per heavy atom. The monoisotopic (exact) mass is 584 g/mol. The van der Waals surface area contributed by atoms with Crippen LogP contribution in [-0.2, 0) is 22.7 Å². The highest BCUT2D eigenvalue weighted by atomic mass is 19.3. The molecule has 0 saturated carbocycles. The number of benzene rings is 1. The molecule has 3 aliphatic rings. The molecule has 218 valence electrons. The normalized spacial score (nSPS) is 18.2. The Labute approximate surface area is 244 Å². The predicted octanol–water partition coefficient (Wildman–Crippen LogP) is 3.85. The molecule has 0 bridgehead atoms. The molecule has 1 saturated heterocycles. The summed E-state index contributed by atoms with van der Waals surface area (Å²) in [4.78, 5) is 47.7. The SMILES string of the molecule is N#Cc1cc2c3c(c1)c(C1=C(c4cnc5ccccn45)C(=O)CC1=O)cn3CCN(C(=O)N1CCC(C(O)(F)F)CC1)C2. The summed E-state index contributed by atoms with van der Waals surface area (Å²) in [5.74, 6) is -1.79. The topological polar surface area (TPSA) is 124 Å². The van der Waals surface area contributed by atoms with Crippen molar-refractivity contribution < 1.29 is 28.3 Å². The van der Waals surface area contributed by atoms with Gasteiger partial charge in [-0.2, -0.15) is 14.0 Å². The van der Waals surface area contributed by atoms with Crippen LogP contribution in [0.1, 0.15) is 41.6 Å². The molecule has 1 N–H and O–H groups in total. The highest BCUT2D eigenvalue weighted by Gasteiger charge is 2.41. The van der Waals surface area contributed by atoms with Crippen molar-refractivity contribution in [3.63, 3.8) is 0 Å². The number of allylic oxidation sites excluding steroid dienone is 2. The van der Waals surface area contributed by atoms with Crippen molar-refractivity contribution >= 4 is 45.3 Å². The average Bonchev–Trinajstić information content (AvgIpc) is 3.62. The summed E-state index contributed by atoms with van der Waals surface area (Å²) in [6.07, 6.45) is 1.15. The molecular weight excluding hydrogens is 558 g/mol. The highest BCUT2D eigenvalue weighted by Crippen LogP contribution is 2.41. The molecule has 0 unspecified atom stereocenters. The van der Waals surface area contributed by atoms with Gasteiger partial charge in [-0.15, -0.1) is 0 Å². The van der Waals surface area contributed by atoms with Crippen LogP contribution in [0.4, 0.5) is 13.6 Å². The number of fused-ring (bicyclic) bond motifs is 1.